The quantitative estimate of drug-likeness (QED) is 0.498. The van der Waals surface area contributed by atoms with E-state index < -0.39 is 0 Å². The minimum Gasteiger partial charge on any atom is -0.283 e. The molecule has 2 rings (SSSR count). The molecule has 0 aromatic carbocycles. The Hall–Kier alpha value is -1.05. The van der Waals surface area contributed by atoms with Crippen LogP contribution in [0.25, 0.3) is 0 Å². The van der Waals surface area contributed by atoms with Crippen LogP contribution in [0.5, 0.6) is 0 Å². The third-order valence-corrected chi connectivity index (χ3v) is 1.50. The lowest BCUT2D eigenvalue weighted by molar-refractivity contribution is 0.901. The van der Waals surface area contributed by atoms with Gasteiger partial charge in [-0.3, -0.25) is 10.3 Å². The van der Waals surface area contributed by atoms with Gasteiger partial charge in [0.1, 0.15) is 0 Å². The van der Waals surface area contributed by atoms with E-state index in [0.29, 0.717) is 0 Å². The lowest BCUT2D eigenvalue weighted by Gasteiger charge is -1.91. The van der Waals surface area contributed by atoms with Gasteiger partial charge < -0.3 is 0 Å². The second-order valence-corrected chi connectivity index (χ2v) is 2.10. The van der Waals surface area contributed by atoms with Crippen molar-refractivity contribution in [1.82, 2.24) is 10.3 Å². The lowest BCUT2D eigenvalue weighted by atomic mass is 10.3. The van der Waals surface area contributed by atoms with Crippen molar-refractivity contribution < 1.29 is 0 Å². The van der Waals surface area contributed by atoms with Gasteiger partial charge in [-0.1, -0.05) is 0 Å². The molecule has 2 nitrogen and oxygen atoms in total. The number of hydrogen-bond donors (Lipinski definition) is 0. The summed E-state index contributed by atoms with van der Waals surface area (Å²) in [5.74, 6) is 0. The highest BCUT2D eigenvalue weighted by Crippen LogP contribution is 2.17. The Bertz CT molecular complexity index is 197. The van der Waals surface area contributed by atoms with Crippen LogP contribution < -0.4 is 5.32 Å². The van der Waals surface area contributed by atoms with Gasteiger partial charge in [0.2, 0.25) is 0 Å². The summed E-state index contributed by atoms with van der Waals surface area (Å²) in [5, 5.41) is 4.24. The van der Waals surface area contributed by atoms with Crippen molar-refractivity contribution in [2.45, 2.75) is 6.42 Å². The molecular formula is C7H7N2. The Morgan fingerprint density at radius 2 is 2.44 bits per heavy atom. The molecule has 0 fully saturated rings. The molecule has 0 saturated heterocycles. The fraction of sp³-hybridized carbons (Fsp3) is 0.286. The number of rotatable bonds is 0. The molecule has 0 N–H and O–H groups in total. The number of hydrogen-bond acceptors (Lipinski definition) is 1. The maximum Gasteiger partial charge on any atom is 0.0790 e. The molecule has 1 aromatic heterocycles. The molecule has 0 unspecified atom stereocenters. The molecule has 1 aliphatic heterocycles. The van der Waals surface area contributed by atoms with Crippen LogP contribution in [-0.4, -0.2) is 11.5 Å². The molecular weight excluding hydrogens is 112 g/mol. The minimum atomic E-state index is 0.923. The zero-order chi connectivity index (χ0) is 6.10. The second-order valence-electron chi connectivity index (χ2n) is 2.10. The molecule has 0 spiro atoms. The Morgan fingerprint density at radius 3 is 3.33 bits per heavy atom. The molecule has 0 saturated carbocycles. The fourth-order valence-electron chi connectivity index (χ4n) is 1.05. The summed E-state index contributed by atoms with van der Waals surface area (Å²) in [4.78, 5) is 4.17. The molecule has 45 valence electrons. The van der Waals surface area contributed by atoms with Crippen molar-refractivity contribution in [3.05, 3.63) is 24.0 Å². The second kappa shape index (κ2) is 1.72. The van der Waals surface area contributed by atoms with Crippen molar-refractivity contribution in [2.24, 2.45) is 0 Å². The zero-order valence-electron chi connectivity index (χ0n) is 5.04. The monoisotopic (exact) mass is 119 g/mol. The standard InChI is InChI=1S/C7H7N2/c1-2-6-7(8-4-1)3-5-9-6/h1-2,4H,3,5H2. The summed E-state index contributed by atoms with van der Waals surface area (Å²) in [6, 6.07) is 3.93. The van der Waals surface area contributed by atoms with Crippen molar-refractivity contribution in [2.75, 3.05) is 6.54 Å². The summed E-state index contributed by atoms with van der Waals surface area (Å²) in [5.41, 5.74) is 2.23. The molecule has 9 heavy (non-hydrogen) atoms. The van der Waals surface area contributed by atoms with Gasteiger partial charge in [-0.2, -0.15) is 0 Å². The summed E-state index contributed by atoms with van der Waals surface area (Å²) in [6.07, 6.45) is 2.84. The maximum atomic E-state index is 4.24. The van der Waals surface area contributed by atoms with Gasteiger partial charge in [0.15, 0.2) is 0 Å². The molecule has 0 aliphatic carbocycles. The number of nitrogens with zero attached hydrogens (tertiary/aromatic N) is 2. The van der Waals surface area contributed by atoms with Crippen molar-refractivity contribution in [3.8, 4) is 0 Å². The summed E-state index contributed by atoms with van der Waals surface area (Å²) in [7, 11) is 0. The first kappa shape index (κ1) is 4.79. The Morgan fingerprint density at radius 1 is 1.44 bits per heavy atom. The van der Waals surface area contributed by atoms with Gasteiger partial charge in [-0.05, 0) is 12.1 Å². The molecule has 1 aliphatic rings. The first-order valence-corrected chi connectivity index (χ1v) is 3.08. The highest BCUT2D eigenvalue weighted by molar-refractivity contribution is 5.43. The number of pyridine rings is 1. The Kier molecular flexibility index (Phi) is 0.918. The van der Waals surface area contributed by atoms with Crippen molar-refractivity contribution in [3.63, 3.8) is 0 Å². The largest absolute Gasteiger partial charge is 0.283 e. The third kappa shape index (κ3) is 0.669. The molecule has 2 heteroatoms. The third-order valence-electron chi connectivity index (χ3n) is 1.50. The zero-order valence-corrected chi connectivity index (χ0v) is 5.04. The highest BCUT2D eigenvalue weighted by Gasteiger charge is 2.09. The number of fused-ring (bicyclic) bond motifs is 1. The molecule has 1 aromatic rings. The first-order valence-electron chi connectivity index (χ1n) is 3.08. The van der Waals surface area contributed by atoms with Crippen molar-refractivity contribution in [1.29, 1.82) is 0 Å². The van der Waals surface area contributed by atoms with E-state index in [4.69, 9.17) is 0 Å². The summed E-state index contributed by atoms with van der Waals surface area (Å²) >= 11 is 0. The van der Waals surface area contributed by atoms with E-state index in [0.717, 1.165) is 24.3 Å². The van der Waals surface area contributed by atoms with Crippen LogP contribution in [0.4, 0.5) is 5.69 Å². The maximum absolute atomic E-state index is 4.24. The van der Waals surface area contributed by atoms with Gasteiger partial charge >= 0.3 is 0 Å². The van der Waals surface area contributed by atoms with E-state index in [1.165, 1.54) is 0 Å². The highest BCUT2D eigenvalue weighted by atomic mass is 14.9. The van der Waals surface area contributed by atoms with Gasteiger partial charge in [-0.25, -0.2) is 0 Å². The van der Waals surface area contributed by atoms with Crippen molar-refractivity contribution >= 4 is 5.69 Å². The molecule has 1 radical (unpaired) electrons. The van der Waals surface area contributed by atoms with Crippen LogP contribution in [0.15, 0.2) is 18.3 Å². The summed E-state index contributed by atoms with van der Waals surface area (Å²) < 4.78 is 0. The predicted octanol–water partition coefficient (Wildman–Crippen LogP) is 0.874. The normalized spacial score (nSPS) is 14.7. The topological polar surface area (TPSA) is 27.0 Å². The fourth-order valence-corrected chi connectivity index (χ4v) is 1.05. The van der Waals surface area contributed by atoms with E-state index in [9.17, 15) is 0 Å². The molecule has 0 atom stereocenters. The smallest absolute Gasteiger partial charge is 0.0790 e. The van der Waals surface area contributed by atoms with E-state index in [1.807, 2.05) is 18.3 Å². The average molecular weight is 119 g/mol. The first-order chi connectivity index (χ1) is 4.47. The lowest BCUT2D eigenvalue weighted by Crippen LogP contribution is -1.88. The molecule has 0 amide bonds. The van der Waals surface area contributed by atoms with Crippen LogP contribution in [0.1, 0.15) is 5.69 Å². The predicted molar refractivity (Wildman–Crippen MR) is 34.6 cm³/mol. The van der Waals surface area contributed by atoms with E-state index in [-0.39, 0.29) is 0 Å². The van der Waals surface area contributed by atoms with E-state index in [2.05, 4.69) is 10.3 Å². The van der Waals surface area contributed by atoms with Crippen LogP contribution in [-0.2, 0) is 6.42 Å². The number of aromatic nitrogens is 1. The van der Waals surface area contributed by atoms with E-state index in [1.54, 1.807) is 0 Å². The van der Waals surface area contributed by atoms with Crippen LogP contribution in [0, 0.1) is 0 Å². The summed E-state index contributed by atoms with van der Waals surface area (Å²) in [6.45, 7) is 0.923. The van der Waals surface area contributed by atoms with Crippen LogP contribution in [0.3, 0.4) is 0 Å². The Balaban J connectivity index is 2.54. The molecule has 0 bridgehead atoms. The Labute approximate surface area is 53.9 Å². The molecule has 2 heterocycles. The average Bonchev–Trinajstić information content (AvgIpc) is 2.33. The van der Waals surface area contributed by atoms with Crippen LogP contribution in [0.2, 0.25) is 0 Å². The SMILES string of the molecule is c1cnc2c(c1)[N]CC2. The van der Waals surface area contributed by atoms with Gasteiger partial charge in [0, 0.05) is 19.2 Å². The van der Waals surface area contributed by atoms with E-state index >= 15 is 0 Å². The van der Waals surface area contributed by atoms with Gasteiger partial charge in [-0.15, -0.1) is 0 Å². The minimum absolute atomic E-state index is 0.923. The van der Waals surface area contributed by atoms with Crippen LogP contribution >= 0.6 is 0 Å². The van der Waals surface area contributed by atoms with Gasteiger partial charge in [0.25, 0.3) is 0 Å². The van der Waals surface area contributed by atoms with Gasteiger partial charge in [0.05, 0.1) is 11.4 Å².